The maximum Gasteiger partial charge on any atom is 0.164 e. The quantitative estimate of drug-likeness (QED) is 0.135. The van der Waals surface area contributed by atoms with E-state index in [0.29, 0.717) is 17.5 Å². The van der Waals surface area contributed by atoms with Gasteiger partial charge in [-0.15, -0.1) is 0 Å². The van der Waals surface area contributed by atoms with Gasteiger partial charge in [0.15, 0.2) is 17.5 Å². The van der Waals surface area contributed by atoms with Crippen molar-refractivity contribution in [3.8, 4) is 95.7 Å². The molecule has 0 amide bonds. The fraction of sp³-hybridized carbons (Fsp3) is 0. The van der Waals surface area contributed by atoms with E-state index in [-0.39, 0.29) is 0 Å². The molecule has 16 aromatic carbocycles. The molecule has 0 spiro atoms. The van der Waals surface area contributed by atoms with E-state index >= 15 is 0 Å². The molecule has 0 radical (unpaired) electrons. The van der Waals surface area contributed by atoms with Crippen LogP contribution in [0.3, 0.4) is 0 Å². The van der Waals surface area contributed by atoms with Crippen LogP contribution in [0.15, 0.2) is 365 Å². The molecule has 0 atom stereocenters. The average molecular weight is 1380 g/mol. The minimum absolute atomic E-state index is 0.559. The Morgan fingerprint density at radius 1 is 0.157 bits per heavy atom. The first-order valence-corrected chi connectivity index (χ1v) is 36.5. The molecule has 0 aliphatic rings. The van der Waals surface area contributed by atoms with E-state index in [0.717, 1.165) is 199 Å². The molecule has 0 unspecified atom stereocenters. The highest BCUT2D eigenvalue weighted by Crippen LogP contribution is 2.44. The second-order valence-electron chi connectivity index (χ2n) is 28.2. The van der Waals surface area contributed by atoms with Crippen molar-refractivity contribution in [3.05, 3.63) is 352 Å². The molecule has 0 saturated carbocycles. The molecule has 0 aliphatic heterocycles. The van der Waals surface area contributed by atoms with E-state index in [1.165, 1.54) is 10.8 Å². The summed E-state index contributed by atoms with van der Waals surface area (Å²) in [4.78, 5) is 16.3. The first-order chi connectivity index (χ1) is 53.5. The van der Waals surface area contributed by atoms with Crippen LogP contribution < -0.4 is 0 Å². The number of fused-ring (bicyclic) bond motifs is 18. The van der Waals surface area contributed by atoms with E-state index < -0.39 is 0 Å². The second-order valence-corrected chi connectivity index (χ2v) is 28.2. The molecule has 0 N–H and O–H groups in total. The fourth-order valence-corrected chi connectivity index (χ4v) is 17.0. The lowest BCUT2D eigenvalue weighted by Gasteiger charge is -2.13. The van der Waals surface area contributed by atoms with Gasteiger partial charge in [0.05, 0.1) is 33.1 Å². The number of para-hydroxylation sites is 6. The number of aromatic nitrogens is 6. The van der Waals surface area contributed by atoms with Crippen LogP contribution in [0.1, 0.15) is 0 Å². The van der Waals surface area contributed by atoms with Gasteiger partial charge in [0.25, 0.3) is 0 Å². The third kappa shape index (κ3) is 9.42. The normalized spacial score (nSPS) is 12.1. The van der Waals surface area contributed by atoms with E-state index in [1.54, 1.807) is 0 Å². The molecule has 0 bridgehead atoms. The van der Waals surface area contributed by atoms with Crippen LogP contribution in [0.5, 0.6) is 0 Å². The fourth-order valence-electron chi connectivity index (χ4n) is 17.0. The number of furan rings is 3. The number of nitrogens with zero attached hydrogens (tertiary/aromatic N) is 6. The molecular weight excluding hydrogens is 1320 g/mol. The molecule has 9 heteroatoms. The molecule has 7 heterocycles. The summed E-state index contributed by atoms with van der Waals surface area (Å²) in [6.45, 7) is 0. The zero-order valence-corrected chi connectivity index (χ0v) is 57.9. The van der Waals surface area contributed by atoms with Crippen LogP contribution in [-0.4, -0.2) is 28.7 Å². The molecule has 108 heavy (non-hydrogen) atoms. The SMILES string of the molecule is c1cc(-c2nc(-c3ccc(-c4ccc(-n5c6ccccc6c6cc(-c7ccc8oc9ccccc9c8c7)ccc65)cc4)cc3)nc(-c3cccc(-n4c5ccccc5c5cc(-c6ccc7oc8ccccc8c7c6)ccc54)c3)n2)cc(-n2c3ccccc3c3cc(-c4ccc5oc6ccccc6c5c4)ccc32)c1. The number of benzene rings is 16. The number of rotatable bonds is 10. The van der Waals surface area contributed by atoms with Crippen LogP contribution in [0.25, 0.3) is 227 Å². The summed E-state index contributed by atoms with van der Waals surface area (Å²) in [7, 11) is 0. The Hall–Kier alpha value is -14.7. The van der Waals surface area contributed by atoms with Gasteiger partial charge >= 0.3 is 0 Å². The van der Waals surface area contributed by atoms with E-state index in [1.807, 2.05) is 36.4 Å². The van der Waals surface area contributed by atoms with Crippen LogP contribution in [0, 0.1) is 0 Å². The lowest BCUT2D eigenvalue weighted by atomic mass is 10.0. The lowest BCUT2D eigenvalue weighted by Crippen LogP contribution is -2.02. The molecule has 23 rings (SSSR count). The van der Waals surface area contributed by atoms with Crippen molar-refractivity contribution in [2.24, 2.45) is 0 Å². The van der Waals surface area contributed by atoms with Crippen LogP contribution >= 0.6 is 0 Å². The van der Waals surface area contributed by atoms with Gasteiger partial charge in [-0.05, 0) is 190 Å². The van der Waals surface area contributed by atoms with Crippen molar-refractivity contribution in [1.82, 2.24) is 28.7 Å². The van der Waals surface area contributed by atoms with Gasteiger partial charge in [0, 0.05) is 98.4 Å². The van der Waals surface area contributed by atoms with Gasteiger partial charge in [-0.2, -0.15) is 0 Å². The Kier molecular flexibility index (Phi) is 13.0. The summed E-state index contributed by atoms with van der Waals surface area (Å²) in [6, 6.07) is 126. The standard InChI is InChI=1S/C99H58N6O3/c1-7-25-85-73(19-1)79-53-62(65-40-48-94-82(56-65)76-22-4-10-28-91(76)106-94)37-45-88(79)103(85)70-43-35-60(36-44-70)59-31-33-61(34-32-59)97-100-98(68-15-13-17-71(51-68)104-86-26-8-2-20-74(86)80-54-63(38-46-89(80)104)66-41-49-95-83(57-66)77-23-5-11-29-92(77)107-95)102-99(101-97)69-16-14-18-72(52-69)105-87-27-9-3-21-75(87)81-55-64(39-47-90(81)105)67-42-50-96-84(58-67)78-24-6-12-30-93(78)108-96/h1-58H. The Balaban J connectivity index is 0.620. The maximum atomic E-state index is 6.24. The Labute approximate surface area is 616 Å². The summed E-state index contributed by atoms with van der Waals surface area (Å²) in [5, 5.41) is 13.7. The second kappa shape index (κ2) is 23.4. The third-order valence-electron chi connectivity index (χ3n) is 22.1. The molecule has 0 aliphatic carbocycles. The summed E-state index contributed by atoms with van der Waals surface area (Å²) in [6.07, 6.45) is 0. The van der Waals surface area contributed by atoms with Gasteiger partial charge in [-0.3, -0.25) is 0 Å². The summed E-state index contributed by atoms with van der Waals surface area (Å²) >= 11 is 0. The van der Waals surface area contributed by atoms with Gasteiger partial charge in [-0.1, -0.05) is 206 Å². The Bertz CT molecular complexity index is 7400. The molecule has 23 aromatic rings. The smallest absolute Gasteiger partial charge is 0.164 e. The summed E-state index contributed by atoms with van der Waals surface area (Å²) in [5.41, 5.74) is 26.7. The van der Waals surface area contributed by atoms with Crippen LogP contribution in [0.2, 0.25) is 0 Å². The minimum Gasteiger partial charge on any atom is -0.456 e. The van der Waals surface area contributed by atoms with E-state index in [4.69, 9.17) is 28.2 Å². The van der Waals surface area contributed by atoms with Crippen LogP contribution in [0.4, 0.5) is 0 Å². The van der Waals surface area contributed by atoms with Crippen molar-refractivity contribution in [2.75, 3.05) is 0 Å². The van der Waals surface area contributed by atoms with Gasteiger partial charge in [0.1, 0.15) is 33.5 Å². The van der Waals surface area contributed by atoms with E-state index in [2.05, 4.69) is 329 Å². The van der Waals surface area contributed by atoms with Crippen molar-refractivity contribution >= 4 is 131 Å². The molecule has 7 aromatic heterocycles. The number of hydrogen-bond acceptors (Lipinski definition) is 6. The summed E-state index contributed by atoms with van der Waals surface area (Å²) in [5.74, 6) is 1.68. The molecule has 502 valence electrons. The van der Waals surface area contributed by atoms with Crippen molar-refractivity contribution < 1.29 is 13.3 Å². The van der Waals surface area contributed by atoms with E-state index in [9.17, 15) is 0 Å². The van der Waals surface area contributed by atoms with Crippen molar-refractivity contribution in [3.63, 3.8) is 0 Å². The maximum absolute atomic E-state index is 6.24. The summed E-state index contributed by atoms with van der Waals surface area (Å²) < 4.78 is 25.8. The first kappa shape index (κ1) is 59.8. The molecule has 0 fully saturated rings. The highest BCUT2D eigenvalue weighted by atomic mass is 16.3. The average Bonchev–Trinajstić information content (AvgIpc) is 1.60. The monoisotopic (exact) mass is 1380 g/mol. The Morgan fingerprint density at radius 2 is 0.426 bits per heavy atom. The Morgan fingerprint density at radius 3 is 0.806 bits per heavy atom. The molecular formula is C99H58N6O3. The van der Waals surface area contributed by atoms with Gasteiger partial charge in [0.2, 0.25) is 0 Å². The minimum atomic E-state index is 0.559. The zero-order valence-electron chi connectivity index (χ0n) is 57.9. The van der Waals surface area contributed by atoms with Crippen molar-refractivity contribution in [2.45, 2.75) is 0 Å². The first-order valence-electron chi connectivity index (χ1n) is 36.5. The predicted octanol–water partition coefficient (Wildman–Crippen LogP) is 26.5. The lowest BCUT2D eigenvalue weighted by molar-refractivity contribution is 0.668. The topological polar surface area (TPSA) is 92.9 Å². The third-order valence-corrected chi connectivity index (χ3v) is 22.1. The highest BCUT2D eigenvalue weighted by Gasteiger charge is 2.22. The van der Waals surface area contributed by atoms with Gasteiger partial charge < -0.3 is 27.0 Å². The largest absolute Gasteiger partial charge is 0.456 e. The van der Waals surface area contributed by atoms with Crippen LogP contribution in [-0.2, 0) is 0 Å². The zero-order chi connectivity index (χ0) is 70.7. The van der Waals surface area contributed by atoms with Crippen molar-refractivity contribution in [1.29, 1.82) is 0 Å². The molecule has 9 nitrogen and oxygen atoms in total. The molecule has 0 saturated heterocycles. The van der Waals surface area contributed by atoms with Gasteiger partial charge in [-0.25, -0.2) is 15.0 Å². The predicted molar refractivity (Wildman–Crippen MR) is 443 cm³/mol. The highest BCUT2D eigenvalue weighted by molar-refractivity contribution is 6.15. The number of hydrogen-bond donors (Lipinski definition) is 0.